The van der Waals surface area contributed by atoms with E-state index in [-0.39, 0.29) is 11.1 Å². The Hall–Kier alpha value is -1.36. The molecule has 0 atom stereocenters. The molecule has 1 aromatic carbocycles. The van der Waals surface area contributed by atoms with Crippen LogP contribution in [0.15, 0.2) is 12.1 Å². The third-order valence-corrected chi connectivity index (χ3v) is 2.44. The molecular weight excluding hydrogens is 257 g/mol. The summed E-state index contributed by atoms with van der Waals surface area (Å²) in [6.07, 6.45) is -4.26. The van der Waals surface area contributed by atoms with E-state index in [0.717, 1.165) is 12.1 Å². The molecule has 17 heavy (non-hydrogen) atoms. The fourth-order valence-electron chi connectivity index (χ4n) is 1.55. The van der Waals surface area contributed by atoms with E-state index in [4.69, 9.17) is 11.6 Å². The van der Waals surface area contributed by atoms with Crippen LogP contribution in [-0.4, -0.2) is 17.9 Å². The molecule has 0 aliphatic rings. The normalized spacial score (nSPS) is 11.4. The number of halogens is 4. The molecule has 0 radical (unpaired) electrons. The van der Waals surface area contributed by atoms with E-state index in [1.807, 2.05) is 0 Å². The van der Waals surface area contributed by atoms with Crippen LogP contribution in [0.3, 0.4) is 0 Å². The minimum Gasteiger partial charge on any atom is -0.298 e. The Balaban J connectivity index is 3.56. The van der Waals surface area contributed by atoms with Gasteiger partial charge in [-0.25, -0.2) is 0 Å². The summed E-state index contributed by atoms with van der Waals surface area (Å²) in [5, 5.41) is 0. The zero-order valence-electron chi connectivity index (χ0n) is 8.77. The van der Waals surface area contributed by atoms with Gasteiger partial charge in [0.2, 0.25) is 0 Å². The topological polar surface area (TPSA) is 34.1 Å². The first kappa shape index (κ1) is 13.7. The molecule has 0 aromatic heterocycles. The Morgan fingerprint density at radius 2 is 2.00 bits per heavy atom. The van der Waals surface area contributed by atoms with Crippen LogP contribution in [0.1, 0.15) is 31.8 Å². The van der Waals surface area contributed by atoms with Crippen molar-refractivity contribution in [2.45, 2.75) is 13.1 Å². The van der Waals surface area contributed by atoms with E-state index < -0.39 is 29.0 Å². The highest BCUT2D eigenvalue weighted by Crippen LogP contribution is 2.35. The lowest BCUT2D eigenvalue weighted by atomic mass is 9.96. The molecule has 0 fully saturated rings. The third kappa shape index (κ3) is 2.85. The maximum Gasteiger partial charge on any atom is 0.417 e. The van der Waals surface area contributed by atoms with E-state index in [0.29, 0.717) is 6.29 Å². The van der Waals surface area contributed by atoms with Crippen molar-refractivity contribution in [3.8, 4) is 0 Å². The second kappa shape index (κ2) is 4.87. The van der Waals surface area contributed by atoms with Gasteiger partial charge in [0.05, 0.1) is 11.4 Å². The number of carbonyl (C=O) groups excluding carboxylic acids is 2. The van der Waals surface area contributed by atoms with Gasteiger partial charge in [0.15, 0.2) is 5.78 Å². The summed E-state index contributed by atoms with van der Waals surface area (Å²) >= 11 is 5.25. The molecule has 0 heterocycles. The summed E-state index contributed by atoms with van der Waals surface area (Å²) in [5.41, 5.74) is -1.75. The van der Waals surface area contributed by atoms with Gasteiger partial charge >= 0.3 is 6.18 Å². The van der Waals surface area contributed by atoms with E-state index >= 15 is 0 Å². The summed E-state index contributed by atoms with van der Waals surface area (Å²) in [6, 6.07) is 1.99. The maximum atomic E-state index is 12.8. The van der Waals surface area contributed by atoms with Crippen LogP contribution in [-0.2, 0) is 6.18 Å². The highest BCUT2D eigenvalue weighted by molar-refractivity contribution is 6.30. The lowest BCUT2D eigenvalue weighted by Crippen LogP contribution is -2.16. The Morgan fingerprint density at radius 3 is 2.41 bits per heavy atom. The average Bonchev–Trinajstić information content (AvgIpc) is 2.24. The first-order valence-corrected chi connectivity index (χ1v) is 5.11. The van der Waals surface area contributed by atoms with Crippen LogP contribution < -0.4 is 0 Å². The first-order chi connectivity index (χ1) is 7.81. The van der Waals surface area contributed by atoms with Crippen LogP contribution in [0.25, 0.3) is 0 Å². The number of alkyl halides is 4. The lowest BCUT2D eigenvalue weighted by Gasteiger charge is -2.15. The van der Waals surface area contributed by atoms with Gasteiger partial charge in [-0.05, 0) is 24.6 Å². The minimum atomic E-state index is -4.65. The van der Waals surface area contributed by atoms with Gasteiger partial charge in [0.1, 0.15) is 6.29 Å². The molecule has 6 heteroatoms. The molecular formula is C11H8ClF3O2. The fourth-order valence-corrected chi connectivity index (χ4v) is 1.70. The molecule has 0 saturated heterocycles. The molecule has 0 unspecified atom stereocenters. The summed E-state index contributed by atoms with van der Waals surface area (Å²) in [5.74, 6) is -1.42. The molecule has 0 aliphatic carbocycles. The van der Waals surface area contributed by atoms with Gasteiger partial charge in [-0.1, -0.05) is 0 Å². The molecule has 0 saturated carbocycles. The van der Waals surface area contributed by atoms with Gasteiger partial charge < -0.3 is 0 Å². The summed E-state index contributed by atoms with van der Waals surface area (Å²) in [4.78, 5) is 21.9. The Morgan fingerprint density at radius 1 is 1.41 bits per heavy atom. The highest BCUT2D eigenvalue weighted by Gasteiger charge is 2.36. The SMILES string of the molecule is Cc1cc(C=O)cc(C(=O)CCl)c1C(F)(F)F. The Bertz CT molecular complexity index is 467. The van der Waals surface area contributed by atoms with E-state index in [9.17, 15) is 22.8 Å². The number of benzene rings is 1. The van der Waals surface area contributed by atoms with Crippen molar-refractivity contribution < 1.29 is 22.8 Å². The van der Waals surface area contributed by atoms with Gasteiger partial charge in [-0.15, -0.1) is 11.6 Å². The van der Waals surface area contributed by atoms with E-state index in [1.54, 1.807) is 0 Å². The molecule has 0 amide bonds. The van der Waals surface area contributed by atoms with Gasteiger partial charge in [0.25, 0.3) is 0 Å². The predicted molar refractivity (Wildman–Crippen MR) is 56.6 cm³/mol. The van der Waals surface area contributed by atoms with Crippen molar-refractivity contribution in [1.82, 2.24) is 0 Å². The van der Waals surface area contributed by atoms with Crippen molar-refractivity contribution in [2.75, 3.05) is 5.88 Å². The number of hydrogen-bond acceptors (Lipinski definition) is 2. The standard InChI is InChI=1S/C11H8ClF3O2/c1-6-2-7(5-16)3-8(9(17)4-12)10(6)11(13,14)15/h2-3,5H,4H2,1H3. The van der Waals surface area contributed by atoms with Crippen molar-refractivity contribution in [1.29, 1.82) is 0 Å². The number of aryl methyl sites for hydroxylation is 1. The molecule has 0 spiro atoms. The van der Waals surface area contributed by atoms with Crippen molar-refractivity contribution in [3.63, 3.8) is 0 Å². The largest absolute Gasteiger partial charge is 0.417 e. The van der Waals surface area contributed by atoms with Gasteiger partial charge in [-0.3, -0.25) is 9.59 Å². The fraction of sp³-hybridized carbons (Fsp3) is 0.273. The summed E-state index contributed by atoms with van der Waals surface area (Å²) in [7, 11) is 0. The Kier molecular flexibility index (Phi) is 3.93. The number of carbonyl (C=O) groups is 2. The van der Waals surface area contributed by atoms with E-state index in [2.05, 4.69) is 0 Å². The number of Topliss-reactive ketones (excluding diaryl/α,β-unsaturated/α-hetero) is 1. The summed E-state index contributed by atoms with van der Waals surface area (Å²) < 4.78 is 38.3. The van der Waals surface area contributed by atoms with Crippen LogP contribution in [0.4, 0.5) is 13.2 Å². The monoisotopic (exact) mass is 264 g/mol. The quantitative estimate of drug-likeness (QED) is 0.477. The zero-order valence-corrected chi connectivity index (χ0v) is 9.52. The van der Waals surface area contributed by atoms with Crippen LogP contribution >= 0.6 is 11.6 Å². The summed E-state index contributed by atoms with van der Waals surface area (Å²) in [6.45, 7) is 1.20. The number of ketones is 1. The second-order valence-electron chi connectivity index (χ2n) is 3.43. The Labute approximate surface area is 100 Å². The number of rotatable bonds is 3. The number of aldehydes is 1. The van der Waals surface area contributed by atoms with Crippen LogP contribution in [0.2, 0.25) is 0 Å². The van der Waals surface area contributed by atoms with Crippen molar-refractivity contribution in [3.05, 3.63) is 34.4 Å². The van der Waals surface area contributed by atoms with E-state index in [1.165, 1.54) is 6.92 Å². The average molecular weight is 265 g/mol. The van der Waals surface area contributed by atoms with Crippen LogP contribution in [0, 0.1) is 6.92 Å². The maximum absolute atomic E-state index is 12.8. The number of hydrogen-bond donors (Lipinski definition) is 0. The third-order valence-electron chi connectivity index (χ3n) is 2.20. The van der Waals surface area contributed by atoms with Gasteiger partial charge in [0, 0.05) is 11.1 Å². The van der Waals surface area contributed by atoms with Crippen molar-refractivity contribution >= 4 is 23.7 Å². The minimum absolute atomic E-state index is 0.0176. The van der Waals surface area contributed by atoms with Crippen molar-refractivity contribution in [2.24, 2.45) is 0 Å². The molecule has 0 N–H and O–H groups in total. The molecule has 2 nitrogen and oxygen atoms in total. The smallest absolute Gasteiger partial charge is 0.298 e. The molecule has 1 aromatic rings. The lowest BCUT2D eigenvalue weighted by molar-refractivity contribution is -0.138. The second-order valence-corrected chi connectivity index (χ2v) is 3.70. The van der Waals surface area contributed by atoms with Crippen LogP contribution in [0.5, 0.6) is 0 Å². The molecule has 0 aliphatic heterocycles. The highest BCUT2D eigenvalue weighted by atomic mass is 35.5. The molecule has 1 rings (SSSR count). The first-order valence-electron chi connectivity index (χ1n) is 4.57. The zero-order chi connectivity index (χ0) is 13.2. The molecule has 0 bridgehead atoms. The predicted octanol–water partition coefficient (Wildman–Crippen LogP) is 3.25. The molecule has 92 valence electrons. The van der Waals surface area contributed by atoms with Gasteiger partial charge in [-0.2, -0.15) is 13.2 Å².